The van der Waals surface area contributed by atoms with E-state index in [0.717, 1.165) is 11.3 Å². The van der Waals surface area contributed by atoms with Crippen LogP contribution in [0.3, 0.4) is 0 Å². The number of aromatic nitrogens is 1. The Kier molecular flexibility index (Phi) is 4.24. The number of methoxy groups -OCH3 is 1. The van der Waals surface area contributed by atoms with Crippen molar-refractivity contribution in [2.24, 2.45) is 11.7 Å². The third kappa shape index (κ3) is 3.02. The lowest BCUT2D eigenvalue weighted by Crippen LogP contribution is -2.27. The van der Waals surface area contributed by atoms with Crippen molar-refractivity contribution in [2.75, 3.05) is 13.7 Å². The van der Waals surface area contributed by atoms with Crippen LogP contribution in [0.2, 0.25) is 0 Å². The van der Waals surface area contributed by atoms with E-state index in [1.54, 1.807) is 6.20 Å². The number of nitrogens with two attached hydrogens (primary N) is 1. The molecule has 0 saturated carbocycles. The van der Waals surface area contributed by atoms with Gasteiger partial charge in [-0.05, 0) is 25.0 Å². The number of carbonyl (C=O) groups is 1. The molecule has 15 heavy (non-hydrogen) atoms. The van der Waals surface area contributed by atoms with Crippen molar-refractivity contribution >= 4 is 5.97 Å². The molecule has 0 fully saturated rings. The lowest BCUT2D eigenvalue weighted by Gasteiger charge is -2.13. The van der Waals surface area contributed by atoms with Gasteiger partial charge < -0.3 is 10.5 Å². The molecule has 1 atom stereocenters. The van der Waals surface area contributed by atoms with Gasteiger partial charge in [-0.2, -0.15) is 0 Å². The van der Waals surface area contributed by atoms with Gasteiger partial charge in [0.25, 0.3) is 0 Å². The zero-order valence-corrected chi connectivity index (χ0v) is 9.06. The predicted molar refractivity (Wildman–Crippen MR) is 57.2 cm³/mol. The maximum Gasteiger partial charge on any atom is 0.310 e. The number of carbonyl (C=O) groups excluding carboxylic acids is 1. The Morgan fingerprint density at radius 1 is 1.67 bits per heavy atom. The summed E-state index contributed by atoms with van der Waals surface area (Å²) in [5, 5.41) is 0. The Labute approximate surface area is 89.5 Å². The maximum absolute atomic E-state index is 11.3. The van der Waals surface area contributed by atoms with E-state index in [9.17, 15) is 4.79 Å². The van der Waals surface area contributed by atoms with Crippen molar-refractivity contribution in [1.82, 2.24) is 4.98 Å². The summed E-state index contributed by atoms with van der Waals surface area (Å²) in [5.74, 6) is -0.543. The van der Waals surface area contributed by atoms with E-state index in [2.05, 4.69) is 9.72 Å². The molecule has 0 aliphatic heterocycles. The molecule has 0 aromatic carbocycles. The molecule has 4 nitrogen and oxygen atoms in total. The Morgan fingerprint density at radius 2 is 2.40 bits per heavy atom. The monoisotopic (exact) mass is 208 g/mol. The highest BCUT2D eigenvalue weighted by Crippen LogP contribution is 2.11. The number of nitrogens with zero attached hydrogens (tertiary/aromatic N) is 1. The van der Waals surface area contributed by atoms with Crippen molar-refractivity contribution in [2.45, 2.75) is 13.3 Å². The second-order valence-corrected chi connectivity index (χ2v) is 3.41. The first-order valence-corrected chi connectivity index (χ1v) is 4.87. The summed E-state index contributed by atoms with van der Waals surface area (Å²) in [5.41, 5.74) is 7.50. The molecule has 0 radical (unpaired) electrons. The SMILES string of the molecule is COC(=O)C(CN)Cc1cccnc1C. The Hall–Kier alpha value is -1.42. The number of ether oxygens (including phenoxy) is 1. The van der Waals surface area contributed by atoms with Gasteiger partial charge >= 0.3 is 5.97 Å². The van der Waals surface area contributed by atoms with Crippen LogP contribution in [0.4, 0.5) is 0 Å². The van der Waals surface area contributed by atoms with Crippen LogP contribution in [0, 0.1) is 12.8 Å². The van der Waals surface area contributed by atoms with Gasteiger partial charge in [0.2, 0.25) is 0 Å². The van der Waals surface area contributed by atoms with Gasteiger partial charge in [-0.3, -0.25) is 9.78 Å². The van der Waals surface area contributed by atoms with Crippen LogP contribution in [-0.4, -0.2) is 24.6 Å². The molecule has 1 heterocycles. The Morgan fingerprint density at radius 3 is 2.93 bits per heavy atom. The highest BCUT2D eigenvalue weighted by atomic mass is 16.5. The summed E-state index contributed by atoms with van der Waals surface area (Å²) < 4.78 is 4.68. The van der Waals surface area contributed by atoms with Crippen LogP contribution in [0.25, 0.3) is 0 Å². The number of pyridine rings is 1. The summed E-state index contributed by atoms with van der Waals surface area (Å²) in [7, 11) is 1.38. The van der Waals surface area contributed by atoms with Crippen LogP contribution in [0.15, 0.2) is 18.3 Å². The number of aryl methyl sites for hydroxylation is 1. The molecule has 2 N–H and O–H groups in total. The molecular formula is C11H16N2O2. The summed E-state index contributed by atoms with van der Waals surface area (Å²) in [4.78, 5) is 15.5. The van der Waals surface area contributed by atoms with E-state index in [0.29, 0.717) is 13.0 Å². The van der Waals surface area contributed by atoms with Gasteiger partial charge in [-0.15, -0.1) is 0 Å². The van der Waals surface area contributed by atoms with Crippen molar-refractivity contribution in [1.29, 1.82) is 0 Å². The zero-order valence-electron chi connectivity index (χ0n) is 9.06. The molecule has 1 rings (SSSR count). The highest BCUT2D eigenvalue weighted by molar-refractivity contribution is 5.72. The molecule has 0 bridgehead atoms. The first kappa shape index (κ1) is 11.7. The summed E-state index contributed by atoms with van der Waals surface area (Å²) in [6.07, 6.45) is 2.32. The minimum Gasteiger partial charge on any atom is -0.469 e. The van der Waals surface area contributed by atoms with Gasteiger partial charge in [0.1, 0.15) is 0 Å². The molecule has 4 heteroatoms. The fourth-order valence-corrected chi connectivity index (χ4v) is 1.43. The smallest absolute Gasteiger partial charge is 0.310 e. The average Bonchev–Trinajstić information content (AvgIpc) is 2.27. The molecule has 0 spiro atoms. The van der Waals surface area contributed by atoms with Crippen molar-refractivity contribution < 1.29 is 9.53 Å². The second-order valence-electron chi connectivity index (χ2n) is 3.41. The molecule has 0 saturated heterocycles. The van der Waals surface area contributed by atoms with Crippen molar-refractivity contribution in [3.63, 3.8) is 0 Å². The average molecular weight is 208 g/mol. The molecule has 1 aromatic rings. The fourth-order valence-electron chi connectivity index (χ4n) is 1.43. The van der Waals surface area contributed by atoms with Gasteiger partial charge in [0, 0.05) is 18.4 Å². The lowest BCUT2D eigenvalue weighted by molar-refractivity contribution is -0.145. The van der Waals surface area contributed by atoms with Gasteiger partial charge in [0.15, 0.2) is 0 Å². The van der Waals surface area contributed by atoms with E-state index in [1.807, 2.05) is 19.1 Å². The lowest BCUT2D eigenvalue weighted by atomic mass is 9.99. The second kappa shape index (κ2) is 5.46. The summed E-state index contributed by atoms with van der Waals surface area (Å²) in [6, 6.07) is 3.81. The minimum atomic E-state index is -0.280. The quantitative estimate of drug-likeness (QED) is 0.739. The molecule has 82 valence electrons. The molecule has 0 amide bonds. The van der Waals surface area contributed by atoms with E-state index < -0.39 is 0 Å². The third-order valence-electron chi connectivity index (χ3n) is 2.40. The summed E-state index contributed by atoms with van der Waals surface area (Å²) in [6.45, 7) is 2.21. The zero-order chi connectivity index (χ0) is 11.3. The summed E-state index contributed by atoms with van der Waals surface area (Å²) >= 11 is 0. The van der Waals surface area contributed by atoms with Crippen molar-refractivity contribution in [3.8, 4) is 0 Å². The molecule has 0 aliphatic carbocycles. The molecule has 1 aromatic heterocycles. The van der Waals surface area contributed by atoms with Crippen LogP contribution in [-0.2, 0) is 16.0 Å². The van der Waals surface area contributed by atoms with Gasteiger partial charge in [0.05, 0.1) is 13.0 Å². The number of rotatable bonds is 4. The largest absolute Gasteiger partial charge is 0.469 e. The standard InChI is InChI=1S/C11H16N2O2/c1-8-9(4-3-5-13-8)6-10(7-12)11(14)15-2/h3-5,10H,6-7,12H2,1-2H3. The van der Waals surface area contributed by atoms with E-state index in [-0.39, 0.29) is 11.9 Å². The molecule has 0 aliphatic rings. The third-order valence-corrected chi connectivity index (χ3v) is 2.40. The minimum absolute atomic E-state index is 0.263. The van der Waals surface area contributed by atoms with Crippen LogP contribution in [0.5, 0.6) is 0 Å². The number of hydrogen-bond acceptors (Lipinski definition) is 4. The van der Waals surface area contributed by atoms with Crippen LogP contribution < -0.4 is 5.73 Å². The first-order chi connectivity index (χ1) is 7.19. The normalized spacial score (nSPS) is 12.2. The Balaban J connectivity index is 2.75. The first-order valence-electron chi connectivity index (χ1n) is 4.87. The maximum atomic E-state index is 11.3. The van der Waals surface area contributed by atoms with Gasteiger partial charge in [-0.25, -0.2) is 0 Å². The highest BCUT2D eigenvalue weighted by Gasteiger charge is 2.18. The van der Waals surface area contributed by atoms with Crippen LogP contribution in [0.1, 0.15) is 11.3 Å². The van der Waals surface area contributed by atoms with E-state index in [1.165, 1.54) is 7.11 Å². The van der Waals surface area contributed by atoms with E-state index in [4.69, 9.17) is 5.73 Å². The topological polar surface area (TPSA) is 65.2 Å². The predicted octanol–water partition coefficient (Wildman–Crippen LogP) is 0.680. The van der Waals surface area contributed by atoms with Crippen molar-refractivity contribution in [3.05, 3.63) is 29.6 Å². The number of hydrogen-bond donors (Lipinski definition) is 1. The van der Waals surface area contributed by atoms with Gasteiger partial charge in [-0.1, -0.05) is 6.07 Å². The molecular weight excluding hydrogens is 192 g/mol. The molecule has 1 unspecified atom stereocenters. The number of esters is 1. The van der Waals surface area contributed by atoms with Crippen LogP contribution >= 0.6 is 0 Å². The fraction of sp³-hybridized carbons (Fsp3) is 0.455. The van der Waals surface area contributed by atoms with E-state index >= 15 is 0 Å². The Bertz CT molecular complexity index is 339.